The number of hydrogen-bond acceptors (Lipinski definition) is 8. The van der Waals surface area contributed by atoms with Crippen LogP contribution in [0, 0.1) is 0 Å². The first-order chi connectivity index (χ1) is 15.6. The van der Waals surface area contributed by atoms with Crippen LogP contribution in [0.1, 0.15) is 30.3 Å². The van der Waals surface area contributed by atoms with Crippen LogP contribution < -0.4 is 24.4 Å². The molecule has 0 N–H and O–H groups in total. The van der Waals surface area contributed by atoms with E-state index >= 15 is 0 Å². The zero-order chi connectivity index (χ0) is 22.2. The zero-order valence-corrected chi connectivity index (χ0v) is 19.1. The molecule has 0 radical (unpaired) electrons. The molecule has 0 bridgehead atoms. The van der Waals surface area contributed by atoms with Gasteiger partial charge in [-0.25, -0.2) is 9.79 Å². The van der Waals surface area contributed by atoms with Gasteiger partial charge in [0.1, 0.15) is 19.3 Å². The lowest BCUT2D eigenvalue weighted by atomic mass is 10.0. The molecule has 0 spiro atoms. The van der Waals surface area contributed by atoms with Crippen LogP contribution in [0.15, 0.2) is 56.8 Å². The fraction of sp³-hybridized carbons (Fsp3) is 0.261. The van der Waals surface area contributed by atoms with Crippen LogP contribution >= 0.6 is 22.7 Å². The number of thiophene rings is 1. The monoisotopic (exact) mass is 468 g/mol. The summed E-state index contributed by atoms with van der Waals surface area (Å²) in [5.41, 5.74) is 1.59. The number of carbonyl (C=O) groups excluding carboxylic acids is 1. The second kappa shape index (κ2) is 8.40. The Morgan fingerprint density at radius 2 is 2.09 bits per heavy atom. The maximum Gasteiger partial charge on any atom is 0.338 e. The average Bonchev–Trinajstić information content (AvgIpc) is 3.42. The molecule has 0 aliphatic carbocycles. The predicted octanol–water partition coefficient (Wildman–Crippen LogP) is 2.63. The number of carbonyl (C=O) groups is 1. The van der Waals surface area contributed by atoms with Gasteiger partial charge in [-0.15, -0.1) is 11.3 Å². The van der Waals surface area contributed by atoms with Crippen molar-refractivity contribution in [1.29, 1.82) is 0 Å². The van der Waals surface area contributed by atoms with E-state index in [1.54, 1.807) is 18.4 Å². The number of hydrogen-bond donors (Lipinski definition) is 0. The lowest BCUT2D eigenvalue weighted by Gasteiger charge is -2.23. The summed E-state index contributed by atoms with van der Waals surface area (Å²) in [6.45, 7) is 4.81. The van der Waals surface area contributed by atoms with Gasteiger partial charge in [-0.2, -0.15) is 0 Å². The average molecular weight is 469 g/mol. The Labute approximate surface area is 191 Å². The summed E-state index contributed by atoms with van der Waals surface area (Å²) >= 11 is 2.79. The number of nitrogens with zero attached hydrogens (tertiary/aromatic N) is 2. The summed E-state index contributed by atoms with van der Waals surface area (Å²) in [6.07, 6.45) is 1.82. The first kappa shape index (κ1) is 20.7. The topological polar surface area (TPSA) is 79.1 Å². The van der Waals surface area contributed by atoms with Crippen molar-refractivity contribution in [2.45, 2.75) is 19.9 Å². The molecule has 2 aliphatic heterocycles. The van der Waals surface area contributed by atoms with Crippen molar-refractivity contribution in [2.24, 2.45) is 4.99 Å². The highest BCUT2D eigenvalue weighted by Gasteiger charge is 2.33. The maximum absolute atomic E-state index is 13.5. The molecule has 0 saturated carbocycles. The normalized spacial score (nSPS) is 17.7. The molecule has 0 fully saturated rings. The largest absolute Gasteiger partial charge is 0.486 e. The predicted molar refractivity (Wildman–Crippen MR) is 122 cm³/mol. The maximum atomic E-state index is 13.5. The zero-order valence-electron chi connectivity index (χ0n) is 17.5. The summed E-state index contributed by atoms with van der Waals surface area (Å²) in [5, 5.41) is 1.93. The highest BCUT2D eigenvalue weighted by molar-refractivity contribution is 7.10. The van der Waals surface area contributed by atoms with Gasteiger partial charge in [0.25, 0.3) is 5.56 Å². The van der Waals surface area contributed by atoms with E-state index in [2.05, 4.69) is 4.99 Å². The smallest absolute Gasteiger partial charge is 0.338 e. The molecular formula is C23H20N2O5S2. The molecule has 0 unspecified atom stereocenters. The molecule has 0 amide bonds. The minimum Gasteiger partial charge on any atom is -0.486 e. The molecule has 4 heterocycles. The van der Waals surface area contributed by atoms with Crippen molar-refractivity contribution in [3.05, 3.63) is 77.1 Å². The third-order valence-corrected chi connectivity index (χ3v) is 7.10. The van der Waals surface area contributed by atoms with Gasteiger partial charge in [-0.3, -0.25) is 9.36 Å². The van der Waals surface area contributed by atoms with E-state index in [-0.39, 0.29) is 12.2 Å². The van der Waals surface area contributed by atoms with Crippen molar-refractivity contribution in [3.63, 3.8) is 0 Å². The van der Waals surface area contributed by atoms with Crippen molar-refractivity contribution < 1.29 is 19.0 Å². The van der Waals surface area contributed by atoms with Gasteiger partial charge in [0.15, 0.2) is 16.3 Å². The fourth-order valence-corrected chi connectivity index (χ4v) is 5.68. The Balaban J connectivity index is 1.66. The van der Waals surface area contributed by atoms with Crippen LogP contribution in [-0.4, -0.2) is 30.4 Å². The molecule has 5 rings (SSSR count). The van der Waals surface area contributed by atoms with Crippen molar-refractivity contribution in [1.82, 2.24) is 4.57 Å². The third kappa shape index (κ3) is 3.57. The summed E-state index contributed by atoms with van der Waals surface area (Å²) in [6, 6.07) is 8.85. The molecule has 0 saturated heterocycles. The minimum atomic E-state index is -0.562. The fourth-order valence-electron chi connectivity index (χ4n) is 3.81. The van der Waals surface area contributed by atoms with Gasteiger partial charge < -0.3 is 14.2 Å². The highest BCUT2D eigenvalue weighted by atomic mass is 32.1. The van der Waals surface area contributed by atoms with Crippen molar-refractivity contribution >= 4 is 34.7 Å². The van der Waals surface area contributed by atoms with E-state index in [1.165, 1.54) is 22.7 Å². The number of aromatic nitrogens is 1. The number of fused-ring (bicyclic) bond motifs is 2. The van der Waals surface area contributed by atoms with Gasteiger partial charge in [0, 0.05) is 4.88 Å². The van der Waals surface area contributed by atoms with Gasteiger partial charge in [-0.1, -0.05) is 23.5 Å². The van der Waals surface area contributed by atoms with Gasteiger partial charge in [0.05, 0.1) is 22.4 Å². The second-order valence-corrected chi connectivity index (χ2v) is 9.21. The number of rotatable bonds is 4. The number of allylic oxidation sites excluding steroid dienone is 1. The molecule has 164 valence electrons. The van der Waals surface area contributed by atoms with Crippen LogP contribution in [0.25, 0.3) is 6.08 Å². The Hall–Kier alpha value is -3.17. The Bertz CT molecular complexity index is 1400. The number of benzene rings is 1. The molecule has 7 nitrogen and oxygen atoms in total. The van der Waals surface area contributed by atoms with E-state index in [9.17, 15) is 9.59 Å². The van der Waals surface area contributed by atoms with Gasteiger partial charge in [0.2, 0.25) is 0 Å². The molecule has 1 aromatic carbocycles. The van der Waals surface area contributed by atoms with E-state index < -0.39 is 12.0 Å². The first-order valence-corrected chi connectivity index (χ1v) is 11.9. The third-order valence-electron chi connectivity index (χ3n) is 5.19. The molecular weight excluding hydrogens is 448 g/mol. The second-order valence-electron chi connectivity index (χ2n) is 7.22. The Morgan fingerprint density at radius 3 is 2.84 bits per heavy atom. The minimum absolute atomic E-state index is 0.198. The summed E-state index contributed by atoms with van der Waals surface area (Å²) in [4.78, 5) is 32.3. The van der Waals surface area contributed by atoms with Crippen molar-refractivity contribution in [2.75, 3.05) is 19.8 Å². The van der Waals surface area contributed by atoms with Gasteiger partial charge in [-0.05, 0) is 49.1 Å². The first-order valence-electron chi connectivity index (χ1n) is 10.2. The Morgan fingerprint density at radius 1 is 1.28 bits per heavy atom. The van der Waals surface area contributed by atoms with Crippen LogP contribution in [0.5, 0.6) is 11.5 Å². The lowest BCUT2D eigenvalue weighted by Crippen LogP contribution is -2.39. The number of thiazole rings is 1. The SMILES string of the molecule is CCOC(=O)C1=C(C)N=c2sc(=Cc3ccc4c(c3)OCCO4)c(=O)n2[C@H]1c1cccs1. The Kier molecular flexibility index (Phi) is 5.44. The number of ether oxygens (including phenoxy) is 3. The van der Waals surface area contributed by atoms with Gasteiger partial charge >= 0.3 is 5.97 Å². The van der Waals surface area contributed by atoms with E-state index in [4.69, 9.17) is 14.2 Å². The molecule has 2 aliphatic rings. The number of esters is 1. The quantitative estimate of drug-likeness (QED) is 0.550. The molecule has 3 aromatic rings. The molecule has 9 heteroatoms. The lowest BCUT2D eigenvalue weighted by molar-refractivity contribution is -0.139. The van der Waals surface area contributed by atoms with E-state index in [0.717, 1.165) is 10.4 Å². The molecule has 1 atom stereocenters. The summed E-state index contributed by atoms with van der Waals surface area (Å²) in [5.74, 6) is 0.908. The standard InChI is InChI=1S/C23H20N2O5S2/c1-3-28-22(27)19-13(2)24-23-25(20(19)17-5-4-10-31-17)21(26)18(32-23)12-14-6-7-15-16(11-14)30-9-8-29-15/h4-7,10-12,20H,3,8-9H2,1-2H3/t20-/m0/s1. The molecule has 2 aromatic heterocycles. The highest BCUT2D eigenvalue weighted by Crippen LogP contribution is 2.33. The van der Waals surface area contributed by atoms with Crippen LogP contribution in [0.4, 0.5) is 0 Å². The van der Waals surface area contributed by atoms with E-state index in [0.29, 0.717) is 45.3 Å². The summed E-state index contributed by atoms with van der Waals surface area (Å²) < 4.78 is 18.6. The van der Waals surface area contributed by atoms with Crippen LogP contribution in [-0.2, 0) is 9.53 Å². The van der Waals surface area contributed by atoms with Crippen LogP contribution in [0.3, 0.4) is 0 Å². The van der Waals surface area contributed by atoms with E-state index in [1.807, 2.05) is 41.8 Å². The summed E-state index contributed by atoms with van der Waals surface area (Å²) in [7, 11) is 0. The van der Waals surface area contributed by atoms with Crippen molar-refractivity contribution in [3.8, 4) is 11.5 Å². The molecule has 32 heavy (non-hydrogen) atoms. The van der Waals surface area contributed by atoms with Crippen LogP contribution in [0.2, 0.25) is 0 Å².